The normalized spacial score (nSPS) is 12.8. The van der Waals surface area contributed by atoms with Crippen molar-refractivity contribution in [3.05, 3.63) is 0 Å². The molecule has 0 aliphatic carbocycles. The maximum Gasteiger partial charge on any atom is 0.351 e. The van der Waals surface area contributed by atoms with Gasteiger partial charge in [0.25, 0.3) is 0 Å². The van der Waals surface area contributed by atoms with Gasteiger partial charge in [0, 0.05) is 0 Å². The summed E-state index contributed by atoms with van der Waals surface area (Å²) in [7, 11) is 0. The lowest BCUT2D eigenvalue weighted by Gasteiger charge is -2.29. The molecule has 0 rings (SSSR count). The Hall–Kier alpha value is -1.63. The van der Waals surface area contributed by atoms with Gasteiger partial charge in [0.2, 0.25) is 11.2 Å². The summed E-state index contributed by atoms with van der Waals surface area (Å²) in [5.74, 6) is -3.36. The molecule has 0 saturated carbocycles. The van der Waals surface area contributed by atoms with Crippen LogP contribution in [0.3, 0.4) is 0 Å². The Morgan fingerprint density at radius 1 is 0.789 bits per heavy atom. The molecule has 0 fully saturated rings. The first-order valence-electron chi connectivity index (χ1n) is 5.63. The average molecular weight is 276 g/mol. The molecule has 7 nitrogen and oxygen atoms in total. The molecular weight excluding hydrogens is 256 g/mol. The van der Waals surface area contributed by atoms with Crippen LogP contribution >= 0.6 is 0 Å². The predicted molar refractivity (Wildman–Crippen MR) is 64.3 cm³/mol. The maximum atomic E-state index is 11.8. The average Bonchev–Trinajstić information content (AvgIpc) is 2.14. The van der Waals surface area contributed by atoms with Crippen LogP contribution in [-0.4, -0.2) is 44.9 Å². The zero-order valence-electron chi connectivity index (χ0n) is 11.9. The van der Waals surface area contributed by atoms with Gasteiger partial charge in [0.15, 0.2) is 5.60 Å². The molecule has 0 saturated heterocycles. The van der Waals surface area contributed by atoms with E-state index in [4.69, 9.17) is 14.6 Å². The molecule has 0 aliphatic heterocycles. The number of carbonyl (C=O) groups excluding carboxylic acids is 2. The lowest BCUT2D eigenvalue weighted by atomic mass is 10.1. The highest BCUT2D eigenvalue weighted by Gasteiger charge is 2.42. The Balaban J connectivity index is 4.89. The third-order valence-electron chi connectivity index (χ3n) is 2.20. The number of esters is 2. The van der Waals surface area contributed by atoms with E-state index in [0.29, 0.717) is 0 Å². The van der Waals surface area contributed by atoms with Crippen molar-refractivity contribution < 1.29 is 34.1 Å². The minimum absolute atomic E-state index is 1.01. The van der Waals surface area contributed by atoms with Gasteiger partial charge in [-0.15, -0.1) is 0 Å². The molecule has 0 aromatic rings. The van der Waals surface area contributed by atoms with Crippen molar-refractivity contribution in [3.8, 4) is 0 Å². The zero-order valence-corrected chi connectivity index (χ0v) is 11.9. The van der Waals surface area contributed by atoms with Crippen LogP contribution in [0.15, 0.2) is 0 Å². The molecule has 0 aromatic carbocycles. The molecule has 0 radical (unpaired) electrons. The van der Waals surface area contributed by atoms with E-state index in [0.717, 1.165) is 0 Å². The van der Waals surface area contributed by atoms with E-state index in [9.17, 15) is 19.5 Å². The molecule has 0 aromatic heterocycles. The highest BCUT2D eigenvalue weighted by Crippen LogP contribution is 2.20. The highest BCUT2D eigenvalue weighted by atomic mass is 16.6. The Morgan fingerprint density at radius 3 is 1.47 bits per heavy atom. The summed E-state index contributed by atoms with van der Waals surface area (Å²) in [6.45, 7) is 7.30. The SMILES string of the molecule is CC(C)(O)C(=O)OC(C)(C)C(=O)OC(C)(C)C(=O)O. The van der Waals surface area contributed by atoms with Crippen LogP contribution in [0.25, 0.3) is 0 Å². The number of aliphatic hydroxyl groups is 1. The number of hydrogen-bond donors (Lipinski definition) is 2. The van der Waals surface area contributed by atoms with Gasteiger partial charge in [0.05, 0.1) is 0 Å². The van der Waals surface area contributed by atoms with Crippen LogP contribution in [-0.2, 0) is 23.9 Å². The van der Waals surface area contributed by atoms with E-state index < -0.39 is 34.7 Å². The number of carboxylic acid groups (broad SMARTS) is 1. The largest absolute Gasteiger partial charge is 0.478 e. The van der Waals surface area contributed by atoms with Crippen molar-refractivity contribution in [2.24, 2.45) is 0 Å². The first-order chi connectivity index (χ1) is 8.20. The molecule has 0 atom stereocenters. The third-order valence-corrected chi connectivity index (χ3v) is 2.20. The first kappa shape index (κ1) is 17.4. The van der Waals surface area contributed by atoms with Crippen molar-refractivity contribution in [1.29, 1.82) is 0 Å². The van der Waals surface area contributed by atoms with Crippen LogP contribution < -0.4 is 0 Å². The van der Waals surface area contributed by atoms with Crippen LogP contribution in [0.1, 0.15) is 41.5 Å². The van der Waals surface area contributed by atoms with Crippen molar-refractivity contribution in [3.63, 3.8) is 0 Å². The summed E-state index contributed by atoms with van der Waals surface area (Å²) in [5, 5.41) is 18.3. The molecule has 0 unspecified atom stereocenters. The Bertz CT molecular complexity index is 387. The van der Waals surface area contributed by atoms with Gasteiger partial charge in [-0.25, -0.2) is 14.4 Å². The molecular formula is C12H20O7. The summed E-state index contributed by atoms with van der Waals surface area (Å²) in [4.78, 5) is 34.1. The smallest absolute Gasteiger partial charge is 0.351 e. The molecule has 19 heavy (non-hydrogen) atoms. The van der Waals surface area contributed by atoms with Crippen LogP contribution in [0.5, 0.6) is 0 Å². The van der Waals surface area contributed by atoms with Crippen molar-refractivity contribution in [2.75, 3.05) is 0 Å². The monoisotopic (exact) mass is 276 g/mol. The van der Waals surface area contributed by atoms with E-state index in [-0.39, 0.29) is 0 Å². The van der Waals surface area contributed by atoms with Gasteiger partial charge in [-0.1, -0.05) is 0 Å². The second-order valence-corrected chi connectivity index (χ2v) is 5.66. The number of carbonyl (C=O) groups is 3. The van der Waals surface area contributed by atoms with Crippen molar-refractivity contribution >= 4 is 17.9 Å². The molecule has 110 valence electrons. The lowest BCUT2D eigenvalue weighted by molar-refractivity contribution is -0.199. The van der Waals surface area contributed by atoms with E-state index in [2.05, 4.69) is 0 Å². The van der Waals surface area contributed by atoms with Crippen LogP contribution in [0.4, 0.5) is 0 Å². The Labute approximate surface area is 111 Å². The lowest BCUT2D eigenvalue weighted by Crippen LogP contribution is -2.48. The number of hydrogen-bond acceptors (Lipinski definition) is 6. The summed E-state index contributed by atoms with van der Waals surface area (Å²) < 4.78 is 9.61. The van der Waals surface area contributed by atoms with Crippen molar-refractivity contribution in [1.82, 2.24) is 0 Å². The number of ether oxygens (including phenoxy) is 2. The fraction of sp³-hybridized carbons (Fsp3) is 0.750. The number of carboxylic acids is 1. The van der Waals surface area contributed by atoms with Crippen LogP contribution in [0, 0.1) is 0 Å². The second-order valence-electron chi connectivity index (χ2n) is 5.66. The van der Waals surface area contributed by atoms with Gasteiger partial charge < -0.3 is 19.7 Å². The standard InChI is InChI=1S/C12H20O7/c1-10(2,17)8(15)18-12(5,6)9(16)19-11(3,4)7(13)14/h17H,1-6H3,(H,13,14). The van der Waals surface area contributed by atoms with Gasteiger partial charge in [-0.3, -0.25) is 0 Å². The summed E-state index contributed by atoms with van der Waals surface area (Å²) in [5.41, 5.74) is -5.21. The predicted octanol–water partition coefficient (Wildman–Crippen LogP) is 0.485. The summed E-state index contributed by atoms with van der Waals surface area (Å²) in [6, 6.07) is 0. The van der Waals surface area contributed by atoms with Crippen molar-refractivity contribution in [2.45, 2.75) is 58.3 Å². The van der Waals surface area contributed by atoms with E-state index in [1.807, 2.05) is 0 Å². The Kier molecular flexibility index (Phi) is 4.72. The summed E-state index contributed by atoms with van der Waals surface area (Å²) >= 11 is 0. The highest BCUT2D eigenvalue weighted by molar-refractivity contribution is 5.88. The van der Waals surface area contributed by atoms with E-state index >= 15 is 0 Å². The minimum atomic E-state index is -1.76. The maximum absolute atomic E-state index is 11.8. The van der Waals surface area contributed by atoms with Gasteiger partial charge >= 0.3 is 17.9 Å². The van der Waals surface area contributed by atoms with Gasteiger partial charge in [0.1, 0.15) is 0 Å². The quantitative estimate of drug-likeness (QED) is 0.703. The number of rotatable bonds is 5. The first-order valence-corrected chi connectivity index (χ1v) is 5.63. The topological polar surface area (TPSA) is 110 Å². The summed E-state index contributed by atoms with van der Waals surface area (Å²) in [6.07, 6.45) is 0. The fourth-order valence-electron chi connectivity index (χ4n) is 0.797. The third kappa shape index (κ3) is 4.86. The molecule has 0 aliphatic rings. The van der Waals surface area contributed by atoms with Crippen LogP contribution in [0.2, 0.25) is 0 Å². The van der Waals surface area contributed by atoms with Gasteiger partial charge in [-0.2, -0.15) is 0 Å². The minimum Gasteiger partial charge on any atom is -0.478 e. The molecule has 7 heteroatoms. The molecule has 0 heterocycles. The van der Waals surface area contributed by atoms with E-state index in [1.54, 1.807) is 0 Å². The molecule has 0 bridgehead atoms. The van der Waals surface area contributed by atoms with E-state index in [1.165, 1.54) is 41.5 Å². The molecule has 2 N–H and O–H groups in total. The zero-order chi connectivity index (χ0) is 15.6. The fourth-order valence-corrected chi connectivity index (χ4v) is 0.797. The number of aliphatic carboxylic acids is 1. The van der Waals surface area contributed by atoms with Gasteiger partial charge in [-0.05, 0) is 41.5 Å². The Morgan fingerprint density at radius 2 is 1.16 bits per heavy atom. The molecule has 0 amide bonds. The molecule has 0 spiro atoms. The second kappa shape index (κ2) is 5.16.